The number of anilines is 1. The average molecular weight is 292 g/mol. The van der Waals surface area contributed by atoms with Crippen LogP contribution in [0.3, 0.4) is 0 Å². The van der Waals surface area contributed by atoms with Crippen LogP contribution in [0.5, 0.6) is 0 Å². The van der Waals surface area contributed by atoms with Gasteiger partial charge in [0.15, 0.2) is 0 Å². The first-order valence-corrected chi connectivity index (χ1v) is 6.96. The lowest BCUT2D eigenvalue weighted by atomic mass is 10.1. The second kappa shape index (κ2) is 6.43. The Morgan fingerprint density at radius 1 is 1.43 bits per heavy atom. The van der Waals surface area contributed by atoms with E-state index in [9.17, 15) is 14.4 Å². The molecular weight excluding hydrogens is 272 g/mol. The van der Waals surface area contributed by atoms with Crippen LogP contribution in [0, 0.1) is 0 Å². The summed E-state index contributed by atoms with van der Waals surface area (Å²) in [5, 5.41) is 2.83. The molecule has 1 aromatic rings. The fourth-order valence-electron chi connectivity index (χ4n) is 2.53. The highest BCUT2D eigenvalue weighted by Gasteiger charge is 2.24. The third-order valence-electron chi connectivity index (χ3n) is 3.49. The van der Waals surface area contributed by atoms with Crippen molar-refractivity contribution in [2.45, 2.75) is 32.4 Å². The number of carbonyl (C=O) groups is 2. The average Bonchev–Trinajstić information content (AvgIpc) is 2.42. The molecule has 0 radical (unpaired) electrons. The number of amides is 2. The predicted octanol–water partition coefficient (Wildman–Crippen LogP) is -0.442. The van der Waals surface area contributed by atoms with Crippen molar-refractivity contribution >= 4 is 17.5 Å². The minimum Gasteiger partial charge on any atom is -0.398 e. The van der Waals surface area contributed by atoms with Crippen molar-refractivity contribution in [2.24, 2.45) is 0 Å². The third kappa shape index (κ3) is 4.08. The molecule has 1 aliphatic heterocycles. The Bertz CT molecular complexity index is 596. The number of nitrogens with two attached hydrogens (primary N) is 1. The summed E-state index contributed by atoms with van der Waals surface area (Å²) in [5.74, 6) is -0.237. The number of piperidine rings is 1. The molecule has 1 fully saturated rings. The van der Waals surface area contributed by atoms with Gasteiger partial charge in [0.2, 0.25) is 11.8 Å². The first-order valence-electron chi connectivity index (χ1n) is 6.96. The van der Waals surface area contributed by atoms with Crippen LogP contribution in [0.4, 0.5) is 5.69 Å². The SMILES string of the molecule is CC(=O)NC1CCCN(C(=O)Cn2cc(N)ccc2=O)C1. The maximum atomic E-state index is 12.3. The normalized spacial score (nSPS) is 18.3. The molecule has 1 aromatic heterocycles. The largest absolute Gasteiger partial charge is 0.398 e. The second-order valence-corrected chi connectivity index (χ2v) is 5.31. The first kappa shape index (κ1) is 15.1. The van der Waals surface area contributed by atoms with Gasteiger partial charge in [-0.2, -0.15) is 0 Å². The van der Waals surface area contributed by atoms with Crippen molar-refractivity contribution in [3.8, 4) is 0 Å². The molecule has 7 heteroatoms. The summed E-state index contributed by atoms with van der Waals surface area (Å²) in [6.07, 6.45) is 3.17. The number of aromatic nitrogens is 1. The predicted molar refractivity (Wildman–Crippen MR) is 78.5 cm³/mol. The van der Waals surface area contributed by atoms with E-state index in [1.165, 1.54) is 29.8 Å². The highest BCUT2D eigenvalue weighted by molar-refractivity contribution is 5.77. The van der Waals surface area contributed by atoms with Gasteiger partial charge in [-0.1, -0.05) is 0 Å². The minimum absolute atomic E-state index is 0.0160. The van der Waals surface area contributed by atoms with Crippen LogP contribution in [0.2, 0.25) is 0 Å². The van der Waals surface area contributed by atoms with Crippen LogP contribution in [0.25, 0.3) is 0 Å². The molecule has 2 rings (SSSR count). The molecule has 21 heavy (non-hydrogen) atoms. The Kier molecular flexibility index (Phi) is 4.62. The van der Waals surface area contributed by atoms with E-state index < -0.39 is 0 Å². The van der Waals surface area contributed by atoms with E-state index in [4.69, 9.17) is 5.73 Å². The van der Waals surface area contributed by atoms with E-state index in [1.807, 2.05) is 0 Å². The van der Waals surface area contributed by atoms with E-state index in [2.05, 4.69) is 5.32 Å². The molecular formula is C14H20N4O3. The molecule has 0 aromatic carbocycles. The molecule has 0 aliphatic carbocycles. The lowest BCUT2D eigenvalue weighted by molar-refractivity contribution is -0.134. The van der Waals surface area contributed by atoms with Crippen LogP contribution in [0.15, 0.2) is 23.1 Å². The molecule has 0 saturated carbocycles. The molecule has 2 amide bonds. The third-order valence-corrected chi connectivity index (χ3v) is 3.49. The number of nitrogen functional groups attached to an aromatic ring is 1. The zero-order valence-corrected chi connectivity index (χ0v) is 12.0. The second-order valence-electron chi connectivity index (χ2n) is 5.31. The molecule has 1 aliphatic rings. The van der Waals surface area contributed by atoms with Crippen LogP contribution >= 0.6 is 0 Å². The Morgan fingerprint density at radius 3 is 2.90 bits per heavy atom. The smallest absolute Gasteiger partial charge is 0.251 e. The number of nitrogens with zero attached hydrogens (tertiary/aromatic N) is 2. The van der Waals surface area contributed by atoms with Gasteiger partial charge in [-0.15, -0.1) is 0 Å². The maximum absolute atomic E-state index is 12.3. The molecule has 7 nitrogen and oxygen atoms in total. The van der Waals surface area contributed by atoms with E-state index in [1.54, 1.807) is 4.90 Å². The minimum atomic E-state index is -0.257. The number of hydrogen-bond acceptors (Lipinski definition) is 4. The van der Waals surface area contributed by atoms with Crippen LogP contribution in [-0.4, -0.2) is 40.4 Å². The van der Waals surface area contributed by atoms with E-state index in [0.29, 0.717) is 18.8 Å². The number of nitrogens with one attached hydrogen (secondary N) is 1. The molecule has 2 heterocycles. The van der Waals surface area contributed by atoms with Crippen LogP contribution in [-0.2, 0) is 16.1 Å². The summed E-state index contributed by atoms with van der Waals surface area (Å²) in [6, 6.07) is 2.84. The molecule has 1 unspecified atom stereocenters. The molecule has 114 valence electrons. The highest BCUT2D eigenvalue weighted by Crippen LogP contribution is 2.11. The van der Waals surface area contributed by atoms with Gasteiger partial charge >= 0.3 is 0 Å². The molecule has 3 N–H and O–H groups in total. The number of rotatable bonds is 3. The fourth-order valence-corrected chi connectivity index (χ4v) is 2.53. The number of carbonyl (C=O) groups excluding carboxylic acids is 2. The van der Waals surface area contributed by atoms with Crippen LogP contribution < -0.4 is 16.6 Å². The van der Waals surface area contributed by atoms with E-state index >= 15 is 0 Å². The van der Waals surface area contributed by atoms with Crippen LogP contribution in [0.1, 0.15) is 19.8 Å². The van der Waals surface area contributed by atoms with E-state index in [-0.39, 0.29) is 30.0 Å². The van der Waals surface area contributed by atoms with Crippen molar-refractivity contribution in [3.05, 3.63) is 28.7 Å². The summed E-state index contributed by atoms with van der Waals surface area (Å²) in [4.78, 5) is 36.7. The standard InChI is InChI=1S/C14H20N4O3/c1-10(19)16-12-3-2-6-17(8-12)14(21)9-18-7-11(15)4-5-13(18)20/h4-5,7,12H,2-3,6,8-9,15H2,1H3,(H,16,19). The molecule has 1 saturated heterocycles. The summed E-state index contributed by atoms with van der Waals surface area (Å²) < 4.78 is 1.31. The van der Waals surface area contributed by atoms with Gasteiger partial charge in [0.05, 0.1) is 0 Å². The molecule has 0 spiro atoms. The topological polar surface area (TPSA) is 97.4 Å². The number of likely N-dealkylation sites (tertiary alicyclic amines) is 1. The van der Waals surface area contributed by atoms with Gasteiger partial charge in [0, 0.05) is 44.0 Å². The van der Waals surface area contributed by atoms with Gasteiger partial charge in [-0.3, -0.25) is 14.4 Å². The highest BCUT2D eigenvalue weighted by atomic mass is 16.2. The van der Waals surface area contributed by atoms with Crippen molar-refractivity contribution in [2.75, 3.05) is 18.8 Å². The summed E-state index contributed by atoms with van der Waals surface area (Å²) in [5.41, 5.74) is 5.81. The number of hydrogen-bond donors (Lipinski definition) is 2. The quantitative estimate of drug-likeness (QED) is 0.789. The lowest BCUT2D eigenvalue weighted by Gasteiger charge is -2.33. The van der Waals surface area contributed by atoms with E-state index in [0.717, 1.165) is 12.8 Å². The Hall–Kier alpha value is -2.31. The van der Waals surface area contributed by atoms with Crippen molar-refractivity contribution < 1.29 is 9.59 Å². The molecule has 0 bridgehead atoms. The first-order chi connectivity index (χ1) is 9.95. The van der Waals surface area contributed by atoms with Gasteiger partial charge in [-0.25, -0.2) is 0 Å². The van der Waals surface area contributed by atoms with Gasteiger partial charge in [-0.05, 0) is 18.9 Å². The van der Waals surface area contributed by atoms with Crippen molar-refractivity contribution in [1.82, 2.24) is 14.8 Å². The van der Waals surface area contributed by atoms with Gasteiger partial charge in [0.1, 0.15) is 6.54 Å². The van der Waals surface area contributed by atoms with Crippen molar-refractivity contribution in [3.63, 3.8) is 0 Å². The summed E-state index contributed by atoms with van der Waals surface area (Å²) in [6.45, 7) is 2.56. The number of pyridine rings is 1. The van der Waals surface area contributed by atoms with Gasteiger partial charge in [0.25, 0.3) is 5.56 Å². The zero-order chi connectivity index (χ0) is 15.4. The monoisotopic (exact) mass is 292 g/mol. The summed E-state index contributed by atoms with van der Waals surface area (Å²) in [7, 11) is 0. The lowest BCUT2D eigenvalue weighted by Crippen LogP contribution is -2.50. The fraction of sp³-hybridized carbons (Fsp3) is 0.500. The Labute approximate surface area is 122 Å². The van der Waals surface area contributed by atoms with Gasteiger partial charge < -0.3 is 20.5 Å². The zero-order valence-electron chi connectivity index (χ0n) is 12.0. The van der Waals surface area contributed by atoms with Crippen molar-refractivity contribution in [1.29, 1.82) is 0 Å². The maximum Gasteiger partial charge on any atom is 0.251 e. The Balaban J connectivity index is 2.01. The Morgan fingerprint density at radius 2 is 2.19 bits per heavy atom. The summed E-state index contributed by atoms with van der Waals surface area (Å²) >= 11 is 0. The molecule has 1 atom stereocenters.